The molecule has 2 aromatic carbocycles. The Kier molecular flexibility index (Phi) is 13.7. The number of H-pyrrole nitrogens is 1. The molecular formula is C43H50N8O7S. The highest BCUT2D eigenvalue weighted by molar-refractivity contribution is 7.13. The number of carbonyl (C=O) groups excluding carboxylic acids is 4. The van der Waals surface area contributed by atoms with Gasteiger partial charge >= 0.3 is 0 Å². The van der Waals surface area contributed by atoms with Gasteiger partial charge in [-0.1, -0.05) is 51.1 Å². The summed E-state index contributed by atoms with van der Waals surface area (Å²) in [6, 6.07) is 18.0. The number of ether oxygens (including phenoxy) is 2. The van der Waals surface area contributed by atoms with E-state index in [1.165, 1.54) is 12.0 Å². The number of thiazole rings is 1. The Hall–Kier alpha value is -6.13. The summed E-state index contributed by atoms with van der Waals surface area (Å²) in [5.41, 5.74) is 5.99. The highest BCUT2D eigenvalue weighted by Crippen LogP contribution is 2.31. The number of nitrogens with zero attached hydrogens (tertiary/aromatic N) is 4. The van der Waals surface area contributed by atoms with Gasteiger partial charge in [0.1, 0.15) is 29.3 Å². The van der Waals surface area contributed by atoms with Gasteiger partial charge in [0.15, 0.2) is 0 Å². The molecule has 0 saturated carbocycles. The van der Waals surface area contributed by atoms with Crippen molar-refractivity contribution >= 4 is 40.7 Å². The largest absolute Gasteiger partial charge is 0.494 e. The van der Waals surface area contributed by atoms with E-state index >= 15 is 0 Å². The summed E-state index contributed by atoms with van der Waals surface area (Å²) in [7, 11) is 1.49. The maximum atomic E-state index is 14.0. The Bertz CT molecular complexity index is 2240. The first-order chi connectivity index (χ1) is 28.3. The van der Waals surface area contributed by atoms with E-state index in [-0.39, 0.29) is 43.4 Å². The molecule has 5 aromatic rings. The van der Waals surface area contributed by atoms with E-state index in [0.29, 0.717) is 48.0 Å². The molecule has 0 aliphatic carbocycles. The van der Waals surface area contributed by atoms with Gasteiger partial charge in [-0.3, -0.25) is 24.3 Å². The number of aromatic nitrogens is 4. The summed E-state index contributed by atoms with van der Waals surface area (Å²) in [5.74, 6) is -0.570. The van der Waals surface area contributed by atoms with Crippen molar-refractivity contribution in [2.24, 2.45) is 5.41 Å². The highest BCUT2D eigenvalue weighted by Gasteiger charge is 2.44. The minimum absolute atomic E-state index is 0.00446. The van der Waals surface area contributed by atoms with E-state index in [1.54, 1.807) is 60.0 Å². The van der Waals surface area contributed by atoms with Crippen LogP contribution in [0.25, 0.3) is 21.8 Å². The Labute approximate surface area is 347 Å². The van der Waals surface area contributed by atoms with Gasteiger partial charge in [-0.05, 0) is 66.6 Å². The number of carbonyl (C=O) groups is 4. The second kappa shape index (κ2) is 19.1. The quantitative estimate of drug-likeness (QED) is 0.0790. The van der Waals surface area contributed by atoms with E-state index in [2.05, 4.69) is 36.1 Å². The van der Waals surface area contributed by atoms with Crippen LogP contribution in [0.3, 0.4) is 0 Å². The molecular weight excluding hydrogens is 773 g/mol. The van der Waals surface area contributed by atoms with Crippen molar-refractivity contribution in [2.75, 3.05) is 25.6 Å². The summed E-state index contributed by atoms with van der Waals surface area (Å²) in [6.07, 6.45) is 2.05. The van der Waals surface area contributed by atoms with Gasteiger partial charge in [0.2, 0.25) is 17.7 Å². The molecule has 1 aliphatic heterocycles. The molecule has 5 N–H and O–H groups in total. The van der Waals surface area contributed by atoms with Crippen LogP contribution >= 0.6 is 11.3 Å². The van der Waals surface area contributed by atoms with Crippen molar-refractivity contribution in [3.63, 3.8) is 0 Å². The number of hydrogen-bond acceptors (Lipinski definition) is 11. The van der Waals surface area contributed by atoms with Crippen molar-refractivity contribution in [1.82, 2.24) is 35.7 Å². The molecule has 1 fully saturated rings. The standard InChI is InChI=1S/C43H50N8O7S/c1-26-38(59-25-45-26)28-14-12-27(13-15-28)23-44-41(55)35-21-29(52)24-51(35)42(56)39(43(2,3)4)49-37(53)11-6-7-20-58-30-16-17-33(36(22-30)57-5)48-40(54)34-10-8-9-31(47-34)32-18-19-46-50-32/h8-10,12-19,22,25,29,35,39,52H,6-7,11,20-21,23-24H2,1-5H3,(H,44,55)(H,46,50)(H,48,54)(H,49,53)/t29-,35+,39-/m1/s1. The van der Waals surface area contributed by atoms with Crippen LogP contribution in [0.5, 0.6) is 11.5 Å². The van der Waals surface area contributed by atoms with Crippen LogP contribution in [-0.2, 0) is 20.9 Å². The van der Waals surface area contributed by atoms with Gasteiger partial charge in [0.25, 0.3) is 5.91 Å². The first kappa shape index (κ1) is 42.5. The third-order valence-electron chi connectivity index (χ3n) is 9.96. The van der Waals surface area contributed by atoms with Crippen molar-refractivity contribution in [2.45, 2.75) is 78.1 Å². The third-order valence-corrected chi connectivity index (χ3v) is 10.9. The van der Waals surface area contributed by atoms with Crippen molar-refractivity contribution in [3.8, 4) is 33.3 Å². The molecule has 15 nitrogen and oxygen atoms in total. The highest BCUT2D eigenvalue weighted by atomic mass is 32.1. The molecule has 4 heterocycles. The lowest BCUT2D eigenvalue weighted by atomic mass is 9.85. The number of aliphatic hydroxyl groups is 1. The maximum absolute atomic E-state index is 14.0. The van der Waals surface area contributed by atoms with Gasteiger partial charge in [0, 0.05) is 38.2 Å². The number of benzene rings is 2. The number of amides is 4. The molecule has 6 rings (SSSR count). The number of hydrogen-bond donors (Lipinski definition) is 5. The Morgan fingerprint density at radius 1 is 1.05 bits per heavy atom. The van der Waals surface area contributed by atoms with E-state index in [1.807, 2.05) is 57.5 Å². The van der Waals surface area contributed by atoms with Gasteiger partial charge in [-0.2, -0.15) is 5.10 Å². The zero-order chi connectivity index (χ0) is 42.1. The maximum Gasteiger partial charge on any atom is 0.274 e. The molecule has 16 heteroatoms. The number of anilines is 1. The summed E-state index contributed by atoms with van der Waals surface area (Å²) in [6.45, 7) is 8.09. The van der Waals surface area contributed by atoms with Crippen LogP contribution in [0, 0.1) is 12.3 Å². The average molecular weight is 823 g/mol. The number of aryl methyl sites for hydroxylation is 1. The fourth-order valence-electron chi connectivity index (χ4n) is 6.75. The predicted molar refractivity (Wildman–Crippen MR) is 224 cm³/mol. The minimum atomic E-state index is -0.919. The Balaban J connectivity index is 0.964. The minimum Gasteiger partial charge on any atom is -0.494 e. The van der Waals surface area contributed by atoms with Gasteiger partial charge < -0.3 is 35.4 Å². The fraction of sp³-hybridized carbons (Fsp3) is 0.372. The number of aliphatic hydroxyl groups excluding tert-OH is 1. The lowest BCUT2D eigenvalue weighted by molar-refractivity contribution is -0.144. The van der Waals surface area contributed by atoms with Crippen LogP contribution < -0.4 is 25.4 Å². The number of unbranched alkanes of at least 4 members (excludes halogenated alkanes) is 1. The topological polar surface area (TPSA) is 201 Å². The van der Waals surface area contributed by atoms with Gasteiger partial charge in [-0.25, -0.2) is 9.97 Å². The number of aromatic amines is 1. The molecule has 1 aliphatic rings. The second-order valence-electron chi connectivity index (χ2n) is 15.4. The second-order valence-corrected chi connectivity index (χ2v) is 16.3. The lowest BCUT2D eigenvalue weighted by Gasteiger charge is -2.35. The third kappa shape index (κ3) is 10.9. The normalized spacial score (nSPS) is 15.7. The molecule has 0 bridgehead atoms. The van der Waals surface area contributed by atoms with Gasteiger partial charge in [-0.15, -0.1) is 11.3 Å². The predicted octanol–water partition coefficient (Wildman–Crippen LogP) is 5.52. The Morgan fingerprint density at radius 2 is 1.85 bits per heavy atom. The molecule has 0 radical (unpaired) electrons. The zero-order valence-electron chi connectivity index (χ0n) is 33.8. The fourth-order valence-corrected chi connectivity index (χ4v) is 7.56. The number of likely N-dealkylation sites (tertiary alicyclic amines) is 1. The Morgan fingerprint density at radius 3 is 2.54 bits per heavy atom. The molecule has 0 unspecified atom stereocenters. The monoisotopic (exact) mass is 822 g/mol. The molecule has 0 spiro atoms. The van der Waals surface area contributed by atoms with Crippen molar-refractivity contribution < 1.29 is 33.8 Å². The first-order valence-corrected chi connectivity index (χ1v) is 20.3. The van der Waals surface area contributed by atoms with Crippen LogP contribution in [0.4, 0.5) is 5.69 Å². The van der Waals surface area contributed by atoms with Crippen LogP contribution in [0.2, 0.25) is 0 Å². The molecule has 4 amide bonds. The summed E-state index contributed by atoms with van der Waals surface area (Å²) in [4.78, 5) is 64.8. The smallest absolute Gasteiger partial charge is 0.274 e. The number of methoxy groups -OCH3 is 1. The molecule has 3 aromatic heterocycles. The van der Waals surface area contributed by atoms with Gasteiger partial charge in [0.05, 0.1) is 53.0 Å². The van der Waals surface area contributed by atoms with E-state index in [4.69, 9.17) is 9.47 Å². The van der Waals surface area contributed by atoms with E-state index in [9.17, 15) is 24.3 Å². The van der Waals surface area contributed by atoms with Crippen LogP contribution in [0.15, 0.2) is 78.4 Å². The van der Waals surface area contributed by atoms with Crippen molar-refractivity contribution in [1.29, 1.82) is 0 Å². The zero-order valence-corrected chi connectivity index (χ0v) is 34.6. The summed E-state index contributed by atoms with van der Waals surface area (Å²) >= 11 is 1.57. The SMILES string of the molecule is COc1cc(OCCCCC(=O)N[C@H](C(=O)N2C[C@H](O)C[C@H]2C(=O)NCc2ccc(-c3scnc3C)cc2)C(C)(C)C)ccc1NC(=O)c1cccc(-c2ccn[nH]2)n1. The molecule has 1 saturated heterocycles. The number of pyridine rings is 1. The summed E-state index contributed by atoms with van der Waals surface area (Å²) < 4.78 is 11.4. The van der Waals surface area contributed by atoms with E-state index < -0.39 is 35.4 Å². The molecule has 310 valence electrons. The van der Waals surface area contributed by atoms with Crippen LogP contribution in [0.1, 0.15) is 68.2 Å². The number of nitrogens with one attached hydrogen (secondary N) is 4. The number of β-amino-alcohol motifs (C(OH)–C–C–N with tert-alkyl or cyclic N) is 1. The van der Waals surface area contributed by atoms with E-state index in [0.717, 1.165) is 21.7 Å². The van der Waals surface area contributed by atoms with Crippen LogP contribution in [-0.4, -0.2) is 92.2 Å². The first-order valence-electron chi connectivity index (χ1n) is 19.4. The lowest BCUT2D eigenvalue weighted by Crippen LogP contribution is -2.57. The summed E-state index contributed by atoms with van der Waals surface area (Å²) in [5, 5.41) is 26.0. The number of rotatable bonds is 16. The van der Waals surface area contributed by atoms with Crippen molar-refractivity contribution in [3.05, 3.63) is 95.4 Å². The molecule has 3 atom stereocenters. The average Bonchev–Trinajstić information content (AvgIpc) is 4.01. The molecule has 59 heavy (non-hydrogen) atoms.